The summed E-state index contributed by atoms with van der Waals surface area (Å²) in [6, 6.07) is 3.73. The predicted octanol–water partition coefficient (Wildman–Crippen LogP) is 1.60. The molecular weight excluding hydrogens is 243 g/mol. The van der Waals surface area contributed by atoms with Crippen molar-refractivity contribution in [2.75, 3.05) is 18.8 Å². The molecule has 1 rings (SSSR count). The Morgan fingerprint density at radius 1 is 1.53 bits per heavy atom. The first kappa shape index (κ1) is 13.7. The molecule has 1 aromatic rings. The number of hydrogen-bond donors (Lipinski definition) is 1. The first-order chi connectivity index (χ1) is 7.95. The summed E-state index contributed by atoms with van der Waals surface area (Å²) in [4.78, 5) is -0.207. The van der Waals surface area contributed by atoms with Gasteiger partial charge in [0.25, 0.3) is 0 Å². The summed E-state index contributed by atoms with van der Waals surface area (Å²) in [7, 11) is -3.77. The van der Waals surface area contributed by atoms with Crippen molar-refractivity contribution >= 4 is 15.7 Å². The molecule has 17 heavy (non-hydrogen) atoms. The van der Waals surface area contributed by atoms with E-state index in [1.807, 2.05) is 0 Å². The lowest BCUT2D eigenvalue weighted by atomic mass is 10.3. The van der Waals surface area contributed by atoms with Crippen LogP contribution in [0.15, 0.2) is 35.7 Å². The molecule has 0 aromatic heterocycles. The molecule has 0 aliphatic rings. The van der Waals surface area contributed by atoms with E-state index in [2.05, 4.69) is 6.58 Å². The molecule has 0 atom stereocenters. The fourth-order valence-corrected chi connectivity index (χ4v) is 2.97. The number of likely N-dealkylation sites (N-methyl/N-ethyl adjacent to an activating group) is 1. The van der Waals surface area contributed by atoms with Crippen molar-refractivity contribution in [3.05, 3.63) is 36.7 Å². The van der Waals surface area contributed by atoms with Gasteiger partial charge in [-0.25, -0.2) is 12.8 Å². The molecule has 0 spiro atoms. The molecular formula is C11H15FN2O2S. The molecule has 0 aliphatic heterocycles. The number of nitrogen functional groups attached to an aromatic ring is 1. The van der Waals surface area contributed by atoms with Crippen molar-refractivity contribution < 1.29 is 12.8 Å². The summed E-state index contributed by atoms with van der Waals surface area (Å²) in [6.45, 7) is 5.60. The van der Waals surface area contributed by atoms with Gasteiger partial charge in [-0.3, -0.25) is 0 Å². The molecule has 6 heteroatoms. The van der Waals surface area contributed by atoms with E-state index in [4.69, 9.17) is 5.73 Å². The minimum Gasteiger partial charge on any atom is -0.395 e. The maximum Gasteiger partial charge on any atom is 0.245 e. The molecule has 0 fully saturated rings. The van der Waals surface area contributed by atoms with Crippen molar-refractivity contribution in [1.82, 2.24) is 4.31 Å². The van der Waals surface area contributed by atoms with Gasteiger partial charge >= 0.3 is 0 Å². The normalized spacial score (nSPS) is 11.7. The van der Waals surface area contributed by atoms with Crippen molar-refractivity contribution in [2.45, 2.75) is 11.8 Å². The third kappa shape index (κ3) is 2.65. The largest absolute Gasteiger partial charge is 0.395 e. The van der Waals surface area contributed by atoms with Crippen LogP contribution >= 0.6 is 0 Å². The van der Waals surface area contributed by atoms with E-state index in [1.54, 1.807) is 6.92 Å². The van der Waals surface area contributed by atoms with Gasteiger partial charge in [-0.1, -0.05) is 19.1 Å². The van der Waals surface area contributed by atoms with Crippen molar-refractivity contribution in [3.63, 3.8) is 0 Å². The van der Waals surface area contributed by atoms with Crippen LogP contribution in [0.25, 0.3) is 0 Å². The number of benzene rings is 1. The van der Waals surface area contributed by atoms with E-state index < -0.39 is 15.8 Å². The molecule has 0 saturated heterocycles. The second kappa shape index (κ2) is 5.29. The minimum atomic E-state index is -3.77. The van der Waals surface area contributed by atoms with Crippen LogP contribution in [0.2, 0.25) is 0 Å². The van der Waals surface area contributed by atoms with Gasteiger partial charge in [0.15, 0.2) is 0 Å². The maximum absolute atomic E-state index is 13.2. The molecule has 0 heterocycles. The fourth-order valence-electron chi connectivity index (χ4n) is 1.42. The van der Waals surface area contributed by atoms with Gasteiger partial charge in [-0.2, -0.15) is 4.31 Å². The smallest absolute Gasteiger partial charge is 0.245 e. The van der Waals surface area contributed by atoms with Gasteiger partial charge in [0.05, 0.1) is 5.69 Å². The summed E-state index contributed by atoms with van der Waals surface area (Å²) in [5.41, 5.74) is 5.10. The molecule has 94 valence electrons. The van der Waals surface area contributed by atoms with Gasteiger partial charge in [0.1, 0.15) is 10.7 Å². The molecule has 0 bridgehead atoms. The third-order valence-electron chi connectivity index (χ3n) is 2.32. The van der Waals surface area contributed by atoms with E-state index in [0.717, 1.165) is 6.07 Å². The topological polar surface area (TPSA) is 63.4 Å². The average Bonchev–Trinajstić information content (AvgIpc) is 2.29. The third-order valence-corrected chi connectivity index (χ3v) is 4.32. The van der Waals surface area contributed by atoms with Crippen LogP contribution in [0.5, 0.6) is 0 Å². The van der Waals surface area contributed by atoms with Gasteiger partial charge in [-0.15, -0.1) is 6.58 Å². The highest BCUT2D eigenvalue weighted by Gasteiger charge is 2.25. The van der Waals surface area contributed by atoms with E-state index in [9.17, 15) is 12.8 Å². The summed E-state index contributed by atoms with van der Waals surface area (Å²) in [5.74, 6) is -0.735. The van der Waals surface area contributed by atoms with Crippen LogP contribution in [0.3, 0.4) is 0 Å². The molecule has 2 N–H and O–H groups in total. The predicted molar refractivity (Wildman–Crippen MR) is 65.4 cm³/mol. The Hall–Kier alpha value is -1.40. The number of rotatable bonds is 5. The zero-order valence-electron chi connectivity index (χ0n) is 9.56. The summed E-state index contributed by atoms with van der Waals surface area (Å²) in [6.07, 6.45) is 1.47. The van der Waals surface area contributed by atoms with Crippen LogP contribution < -0.4 is 5.73 Å². The number of hydrogen-bond acceptors (Lipinski definition) is 3. The van der Waals surface area contributed by atoms with E-state index in [0.29, 0.717) is 0 Å². The van der Waals surface area contributed by atoms with E-state index in [-0.39, 0.29) is 23.7 Å². The van der Waals surface area contributed by atoms with Crippen LogP contribution in [0.4, 0.5) is 10.1 Å². The lowest BCUT2D eigenvalue weighted by Gasteiger charge is -2.19. The maximum atomic E-state index is 13.2. The second-order valence-corrected chi connectivity index (χ2v) is 5.30. The zero-order chi connectivity index (χ0) is 13.1. The lowest BCUT2D eigenvalue weighted by molar-refractivity contribution is 0.459. The molecule has 0 saturated carbocycles. The summed E-state index contributed by atoms with van der Waals surface area (Å²) in [5, 5.41) is 0. The summed E-state index contributed by atoms with van der Waals surface area (Å²) >= 11 is 0. The minimum absolute atomic E-state index is 0.161. The molecule has 0 radical (unpaired) electrons. The van der Waals surface area contributed by atoms with Gasteiger partial charge in [0, 0.05) is 13.1 Å². The Morgan fingerprint density at radius 2 is 2.18 bits per heavy atom. The Kier molecular flexibility index (Phi) is 4.25. The van der Waals surface area contributed by atoms with Crippen molar-refractivity contribution in [2.24, 2.45) is 0 Å². The number of para-hydroxylation sites is 1. The van der Waals surface area contributed by atoms with Crippen LogP contribution in [0, 0.1) is 5.82 Å². The molecule has 0 aliphatic carbocycles. The lowest BCUT2D eigenvalue weighted by Crippen LogP contribution is -2.31. The molecule has 4 nitrogen and oxygen atoms in total. The molecule has 0 unspecified atom stereocenters. The quantitative estimate of drug-likeness (QED) is 0.644. The Balaban J connectivity index is 3.30. The molecule has 1 aromatic carbocycles. The first-order valence-electron chi connectivity index (χ1n) is 5.10. The number of sulfonamides is 1. The Labute approximate surface area is 101 Å². The van der Waals surface area contributed by atoms with Gasteiger partial charge in [-0.05, 0) is 12.1 Å². The highest BCUT2D eigenvalue weighted by molar-refractivity contribution is 7.89. The van der Waals surface area contributed by atoms with E-state index in [1.165, 1.54) is 22.5 Å². The van der Waals surface area contributed by atoms with Gasteiger partial charge < -0.3 is 5.73 Å². The number of nitrogens with zero attached hydrogens (tertiary/aromatic N) is 1. The first-order valence-corrected chi connectivity index (χ1v) is 6.54. The Morgan fingerprint density at radius 3 is 2.71 bits per heavy atom. The highest BCUT2D eigenvalue weighted by atomic mass is 32.2. The zero-order valence-corrected chi connectivity index (χ0v) is 10.4. The SMILES string of the molecule is C=CCN(CC)S(=O)(=O)c1cccc(F)c1N. The number of nitrogens with two attached hydrogens (primary N) is 1. The van der Waals surface area contributed by atoms with Gasteiger partial charge in [0.2, 0.25) is 10.0 Å². The van der Waals surface area contributed by atoms with Crippen LogP contribution in [-0.2, 0) is 10.0 Å². The number of halogens is 1. The van der Waals surface area contributed by atoms with Crippen molar-refractivity contribution in [1.29, 1.82) is 0 Å². The molecule has 0 amide bonds. The number of anilines is 1. The van der Waals surface area contributed by atoms with Crippen LogP contribution in [0.1, 0.15) is 6.92 Å². The van der Waals surface area contributed by atoms with Crippen LogP contribution in [-0.4, -0.2) is 25.8 Å². The highest BCUT2D eigenvalue weighted by Crippen LogP contribution is 2.24. The standard InChI is InChI=1S/C11H15FN2O2S/c1-3-8-14(4-2)17(15,16)10-7-5-6-9(12)11(10)13/h3,5-7H,1,4,8,13H2,2H3. The average molecular weight is 258 g/mol. The summed E-state index contributed by atoms with van der Waals surface area (Å²) < 4.78 is 38.7. The monoisotopic (exact) mass is 258 g/mol. The fraction of sp³-hybridized carbons (Fsp3) is 0.273. The Bertz CT molecular complexity index is 514. The van der Waals surface area contributed by atoms with E-state index >= 15 is 0 Å². The van der Waals surface area contributed by atoms with Crippen molar-refractivity contribution in [3.8, 4) is 0 Å². The second-order valence-electron chi connectivity index (χ2n) is 3.40.